The highest BCUT2D eigenvalue weighted by molar-refractivity contribution is 6.11. The molecule has 3 aromatic rings. The molecule has 0 aromatic heterocycles. The Morgan fingerprint density at radius 1 is 1.08 bits per heavy atom. The van der Waals surface area contributed by atoms with E-state index in [0.29, 0.717) is 30.0 Å². The van der Waals surface area contributed by atoms with Gasteiger partial charge in [0.25, 0.3) is 0 Å². The predicted octanol–water partition coefficient (Wildman–Crippen LogP) is 4.03. The molecule has 2 amide bonds. The molecule has 0 bridgehead atoms. The summed E-state index contributed by atoms with van der Waals surface area (Å²) in [7, 11) is 3.09. The standard InChI is InChI=1S/C29H31N3O5/c1-16-11-17(2)26-22(12-16)29(28(35)31-26)23(14-19(32-29)13-18-5-7-20(33)8-6-18)27(34)30-24-15-21(36-3)9-10-25(24)37-4/h5-12,15,19,23,32-33H,13-14H2,1-4H3,(H,30,34)(H,31,35)/t19-,23+,29-/m0/s1. The third-order valence-corrected chi connectivity index (χ3v) is 7.38. The average Bonchev–Trinajstić information content (AvgIpc) is 3.39. The minimum absolute atomic E-state index is 0.148. The molecule has 4 N–H and O–H groups in total. The van der Waals surface area contributed by atoms with Crippen LogP contribution in [0.5, 0.6) is 17.2 Å². The van der Waals surface area contributed by atoms with E-state index in [1.807, 2.05) is 38.1 Å². The third-order valence-electron chi connectivity index (χ3n) is 7.38. The molecule has 2 aliphatic heterocycles. The second kappa shape index (κ2) is 9.44. The number of fused-ring (bicyclic) bond motifs is 2. The van der Waals surface area contributed by atoms with Crippen LogP contribution >= 0.6 is 0 Å². The number of phenolic OH excluding ortho intramolecular Hbond substituents is 1. The zero-order valence-corrected chi connectivity index (χ0v) is 21.3. The van der Waals surface area contributed by atoms with E-state index in [1.165, 1.54) is 7.11 Å². The zero-order valence-electron chi connectivity index (χ0n) is 21.3. The van der Waals surface area contributed by atoms with Gasteiger partial charge in [0, 0.05) is 23.4 Å². The van der Waals surface area contributed by atoms with Gasteiger partial charge in [-0.1, -0.05) is 29.8 Å². The monoisotopic (exact) mass is 501 g/mol. The first-order valence-corrected chi connectivity index (χ1v) is 12.3. The number of hydrogen-bond acceptors (Lipinski definition) is 6. The molecule has 192 valence electrons. The second-order valence-corrected chi connectivity index (χ2v) is 9.82. The molecule has 1 spiro atoms. The van der Waals surface area contributed by atoms with Crippen molar-refractivity contribution in [1.29, 1.82) is 0 Å². The van der Waals surface area contributed by atoms with Crippen LogP contribution in [0, 0.1) is 19.8 Å². The first-order valence-electron chi connectivity index (χ1n) is 12.3. The van der Waals surface area contributed by atoms with Gasteiger partial charge in [-0.3, -0.25) is 14.9 Å². The minimum Gasteiger partial charge on any atom is -0.508 e. The number of carbonyl (C=O) groups excluding carboxylic acids is 2. The number of hydrogen-bond donors (Lipinski definition) is 4. The van der Waals surface area contributed by atoms with Crippen LogP contribution in [0.2, 0.25) is 0 Å². The number of anilines is 2. The Kier molecular flexibility index (Phi) is 6.29. The quantitative estimate of drug-likeness (QED) is 0.406. The summed E-state index contributed by atoms with van der Waals surface area (Å²) in [4.78, 5) is 27.7. The van der Waals surface area contributed by atoms with E-state index in [9.17, 15) is 14.7 Å². The van der Waals surface area contributed by atoms with Crippen molar-refractivity contribution in [2.45, 2.75) is 38.3 Å². The van der Waals surface area contributed by atoms with Crippen LogP contribution in [0.3, 0.4) is 0 Å². The van der Waals surface area contributed by atoms with Gasteiger partial charge in [-0.05, 0) is 62.1 Å². The highest BCUT2D eigenvalue weighted by Gasteiger charge is 2.60. The molecule has 2 heterocycles. The fourth-order valence-corrected chi connectivity index (χ4v) is 5.70. The average molecular weight is 502 g/mol. The van der Waals surface area contributed by atoms with Gasteiger partial charge in [-0.25, -0.2) is 0 Å². The summed E-state index contributed by atoms with van der Waals surface area (Å²) in [6.07, 6.45) is 1.04. The topological polar surface area (TPSA) is 109 Å². The van der Waals surface area contributed by atoms with Crippen LogP contribution in [0.4, 0.5) is 11.4 Å². The Balaban J connectivity index is 1.55. The number of rotatable bonds is 6. The summed E-state index contributed by atoms with van der Waals surface area (Å²) >= 11 is 0. The van der Waals surface area contributed by atoms with Crippen molar-refractivity contribution in [3.8, 4) is 17.2 Å². The first kappa shape index (κ1) is 24.6. The van der Waals surface area contributed by atoms with Crippen LogP contribution in [0.25, 0.3) is 0 Å². The Hall–Kier alpha value is -4.04. The number of benzene rings is 3. The van der Waals surface area contributed by atoms with Crippen molar-refractivity contribution in [3.05, 3.63) is 76.9 Å². The molecule has 0 unspecified atom stereocenters. The smallest absolute Gasteiger partial charge is 0.250 e. The van der Waals surface area contributed by atoms with Gasteiger partial charge < -0.3 is 25.2 Å². The van der Waals surface area contributed by atoms with Crippen LogP contribution in [0.15, 0.2) is 54.6 Å². The number of nitrogens with one attached hydrogen (secondary N) is 3. The molecule has 0 saturated carbocycles. The molecule has 2 aliphatic rings. The number of aromatic hydroxyl groups is 1. The lowest BCUT2D eigenvalue weighted by Crippen LogP contribution is -2.52. The maximum Gasteiger partial charge on any atom is 0.250 e. The van der Waals surface area contributed by atoms with E-state index in [0.717, 1.165) is 27.9 Å². The molecule has 3 atom stereocenters. The summed E-state index contributed by atoms with van der Waals surface area (Å²) in [6, 6.07) is 16.1. The summed E-state index contributed by atoms with van der Waals surface area (Å²) in [5, 5.41) is 19.3. The Bertz CT molecular complexity index is 1370. The first-order chi connectivity index (χ1) is 17.7. The highest BCUT2D eigenvalue weighted by Crippen LogP contribution is 2.49. The summed E-state index contributed by atoms with van der Waals surface area (Å²) in [6.45, 7) is 3.95. The fraction of sp³-hybridized carbons (Fsp3) is 0.310. The summed E-state index contributed by atoms with van der Waals surface area (Å²) in [5.41, 5.74) is 3.78. The van der Waals surface area contributed by atoms with Crippen molar-refractivity contribution >= 4 is 23.2 Å². The molecule has 0 aliphatic carbocycles. The Morgan fingerprint density at radius 2 is 1.84 bits per heavy atom. The molecule has 1 fully saturated rings. The Labute approximate surface area is 216 Å². The van der Waals surface area contributed by atoms with Crippen molar-refractivity contribution in [1.82, 2.24) is 5.32 Å². The molecule has 3 aromatic carbocycles. The SMILES string of the molecule is COc1ccc(OC)c(NC(=O)[C@H]2C[C@H](Cc3ccc(O)cc3)N[C@]23C(=O)Nc2c(C)cc(C)cc23)c1. The number of amides is 2. The highest BCUT2D eigenvalue weighted by atomic mass is 16.5. The summed E-state index contributed by atoms with van der Waals surface area (Å²) in [5.74, 6) is 0.0669. The van der Waals surface area contributed by atoms with Crippen molar-refractivity contribution in [3.63, 3.8) is 0 Å². The molecule has 8 nitrogen and oxygen atoms in total. The normalized spacial score (nSPS) is 22.0. The van der Waals surface area contributed by atoms with Gasteiger partial charge in [0.1, 0.15) is 22.8 Å². The van der Waals surface area contributed by atoms with Gasteiger partial charge in [0.05, 0.1) is 25.8 Å². The second-order valence-electron chi connectivity index (χ2n) is 9.82. The number of phenols is 1. The molecule has 0 radical (unpaired) electrons. The third kappa shape index (κ3) is 4.27. The predicted molar refractivity (Wildman–Crippen MR) is 141 cm³/mol. The lowest BCUT2D eigenvalue weighted by molar-refractivity contribution is -0.130. The van der Waals surface area contributed by atoms with Gasteiger partial charge in [0.2, 0.25) is 11.8 Å². The fourth-order valence-electron chi connectivity index (χ4n) is 5.70. The van der Waals surface area contributed by atoms with Crippen LogP contribution < -0.4 is 25.4 Å². The number of ether oxygens (including phenoxy) is 2. The maximum atomic E-state index is 14.0. The molecule has 1 saturated heterocycles. The number of aryl methyl sites for hydroxylation is 2. The molecular formula is C29H31N3O5. The molecular weight excluding hydrogens is 470 g/mol. The number of methoxy groups -OCH3 is 2. The molecule has 8 heteroatoms. The molecule has 5 rings (SSSR count). The van der Waals surface area contributed by atoms with Crippen LogP contribution in [-0.4, -0.2) is 37.2 Å². The van der Waals surface area contributed by atoms with E-state index < -0.39 is 11.5 Å². The molecule has 37 heavy (non-hydrogen) atoms. The van der Waals surface area contributed by atoms with E-state index in [1.54, 1.807) is 37.4 Å². The van der Waals surface area contributed by atoms with Crippen molar-refractivity contribution in [2.24, 2.45) is 5.92 Å². The van der Waals surface area contributed by atoms with E-state index in [2.05, 4.69) is 16.0 Å². The lowest BCUT2D eigenvalue weighted by Gasteiger charge is -2.30. The Morgan fingerprint density at radius 3 is 2.54 bits per heavy atom. The van der Waals surface area contributed by atoms with Crippen LogP contribution in [-0.2, 0) is 21.5 Å². The van der Waals surface area contributed by atoms with E-state index >= 15 is 0 Å². The van der Waals surface area contributed by atoms with E-state index in [4.69, 9.17) is 9.47 Å². The maximum absolute atomic E-state index is 14.0. The summed E-state index contributed by atoms with van der Waals surface area (Å²) < 4.78 is 10.8. The minimum atomic E-state index is -1.22. The number of carbonyl (C=O) groups is 2. The lowest BCUT2D eigenvalue weighted by atomic mass is 9.78. The van der Waals surface area contributed by atoms with Gasteiger partial charge >= 0.3 is 0 Å². The van der Waals surface area contributed by atoms with Crippen molar-refractivity contribution < 1.29 is 24.2 Å². The van der Waals surface area contributed by atoms with E-state index in [-0.39, 0.29) is 23.6 Å². The van der Waals surface area contributed by atoms with Gasteiger partial charge in [0.15, 0.2) is 0 Å². The van der Waals surface area contributed by atoms with Crippen molar-refractivity contribution in [2.75, 3.05) is 24.9 Å². The largest absolute Gasteiger partial charge is 0.508 e. The van der Waals surface area contributed by atoms with Crippen LogP contribution in [0.1, 0.15) is 28.7 Å². The van der Waals surface area contributed by atoms with Gasteiger partial charge in [-0.2, -0.15) is 0 Å². The zero-order chi connectivity index (χ0) is 26.3. The van der Waals surface area contributed by atoms with Gasteiger partial charge in [-0.15, -0.1) is 0 Å².